The average Bonchev–Trinajstić information content (AvgIpc) is 2.72. The molecule has 28 heavy (non-hydrogen) atoms. The van der Waals surface area contributed by atoms with E-state index in [-0.39, 0.29) is 11.9 Å². The van der Waals surface area contributed by atoms with Crippen molar-refractivity contribution in [2.75, 3.05) is 11.9 Å². The third kappa shape index (κ3) is 5.64. The summed E-state index contributed by atoms with van der Waals surface area (Å²) in [6.07, 6.45) is 1.95. The van der Waals surface area contributed by atoms with E-state index >= 15 is 0 Å². The number of nitrogens with one attached hydrogen (secondary N) is 2. The van der Waals surface area contributed by atoms with Crippen LogP contribution in [-0.4, -0.2) is 22.4 Å². The lowest BCUT2D eigenvalue weighted by atomic mass is 10.1. The molecule has 0 aliphatic heterocycles. The Morgan fingerprint density at radius 2 is 1.68 bits per heavy atom. The molecule has 0 spiro atoms. The van der Waals surface area contributed by atoms with Gasteiger partial charge in [-0.2, -0.15) is 0 Å². The van der Waals surface area contributed by atoms with Gasteiger partial charge in [0.15, 0.2) is 0 Å². The lowest BCUT2D eigenvalue weighted by Gasteiger charge is -2.14. The zero-order chi connectivity index (χ0) is 19.8. The van der Waals surface area contributed by atoms with Crippen LogP contribution in [0.1, 0.15) is 46.7 Å². The van der Waals surface area contributed by atoms with Gasteiger partial charge in [-0.1, -0.05) is 60.7 Å². The second-order valence-electron chi connectivity index (χ2n) is 6.84. The van der Waals surface area contributed by atoms with E-state index in [1.807, 2.05) is 62.4 Å². The van der Waals surface area contributed by atoms with Crippen LogP contribution < -0.4 is 10.6 Å². The van der Waals surface area contributed by atoms with Gasteiger partial charge in [0, 0.05) is 12.2 Å². The highest BCUT2D eigenvalue weighted by Gasteiger charge is 2.14. The van der Waals surface area contributed by atoms with E-state index in [2.05, 4.69) is 32.7 Å². The first-order chi connectivity index (χ1) is 13.6. The maximum Gasteiger partial charge on any atom is 0.270 e. The van der Waals surface area contributed by atoms with Gasteiger partial charge < -0.3 is 10.6 Å². The van der Waals surface area contributed by atoms with Crippen LogP contribution in [0.3, 0.4) is 0 Å². The van der Waals surface area contributed by atoms with Crippen LogP contribution in [0.15, 0.2) is 66.7 Å². The summed E-state index contributed by atoms with van der Waals surface area (Å²) in [5.41, 5.74) is 3.50. The van der Waals surface area contributed by atoms with Crippen LogP contribution in [0.2, 0.25) is 0 Å². The van der Waals surface area contributed by atoms with Crippen LogP contribution >= 0.6 is 0 Å². The van der Waals surface area contributed by atoms with Crippen molar-refractivity contribution in [2.24, 2.45) is 0 Å². The summed E-state index contributed by atoms with van der Waals surface area (Å²) in [7, 11) is 0. The van der Waals surface area contributed by atoms with Gasteiger partial charge in [-0.25, -0.2) is 9.97 Å². The van der Waals surface area contributed by atoms with E-state index < -0.39 is 0 Å². The molecule has 0 saturated carbocycles. The van der Waals surface area contributed by atoms with Gasteiger partial charge in [0.2, 0.25) is 5.95 Å². The first-order valence-electron chi connectivity index (χ1n) is 9.61. The number of carbonyl (C=O) groups excluding carboxylic acids is 1. The van der Waals surface area contributed by atoms with Crippen LogP contribution in [0.25, 0.3) is 0 Å². The van der Waals surface area contributed by atoms with Crippen LogP contribution in [0, 0.1) is 6.92 Å². The maximum absolute atomic E-state index is 12.6. The van der Waals surface area contributed by atoms with E-state index in [4.69, 9.17) is 0 Å². The van der Waals surface area contributed by atoms with E-state index in [0.717, 1.165) is 30.6 Å². The number of amides is 1. The highest BCUT2D eigenvalue weighted by Crippen LogP contribution is 2.13. The average molecular weight is 374 g/mol. The normalized spacial score (nSPS) is 11.6. The largest absolute Gasteiger partial charge is 0.354 e. The van der Waals surface area contributed by atoms with Crippen molar-refractivity contribution in [3.8, 4) is 0 Å². The molecule has 5 heteroatoms. The minimum atomic E-state index is -0.200. The summed E-state index contributed by atoms with van der Waals surface area (Å²) in [6.45, 7) is 4.58. The summed E-state index contributed by atoms with van der Waals surface area (Å²) in [5.74, 6) is 0.291. The Hall–Kier alpha value is -3.21. The van der Waals surface area contributed by atoms with E-state index in [9.17, 15) is 4.79 Å². The Balaban J connectivity index is 1.57. The van der Waals surface area contributed by atoms with Crippen LogP contribution in [-0.2, 0) is 6.42 Å². The summed E-state index contributed by atoms with van der Waals surface area (Å²) in [5, 5.41) is 6.23. The van der Waals surface area contributed by atoms with Crippen molar-refractivity contribution < 1.29 is 4.79 Å². The molecule has 1 unspecified atom stereocenters. The third-order valence-corrected chi connectivity index (χ3v) is 4.50. The zero-order valence-electron chi connectivity index (χ0n) is 16.4. The number of hydrogen-bond acceptors (Lipinski definition) is 4. The predicted molar refractivity (Wildman–Crippen MR) is 112 cm³/mol. The van der Waals surface area contributed by atoms with Gasteiger partial charge in [0.1, 0.15) is 5.69 Å². The molecule has 0 aliphatic rings. The fourth-order valence-corrected chi connectivity index (χ4v) is 3.00. The number of rotatable bonds is 8. The molecule has 5 nitrogen and oxygen atoms in total. The van der Waals surface area contributed by atoms with Crippen molar-refractivity contribution in [1.82, 2.24) is 15.3 Å². The predicted octanol–water partition coefficient (Wildman–Crippen LogP) is 4.32. The molecule has 0 fully saturated rings. The fraction of sp³-hybridized carbons (Fsp3) is 0.261. The molecule has 1 atom stereocenters. The van der Waals surface area contributed by atoms with Crippen LogP contribution in [0.5, 0.6) is 0 Å². The van der Waals surface area contributed by atoms with Crippen LogP contribution in [0.4, 0.5) is 5.95 Å². The first kappa shape index (κ1) is 19.5. The fourth-order valence-electron chi connectivity index (χ4n) is 3.00. The summed E-state index contributed by atoms with van der Waals surface area (Å²) >= 11 is 0. The molecular formula is C23H26N4O. The van der Waals surface area contributed by atoms with Crippen molar-refractivity contribution >= 4 is 11.9 Å². The molecule has 2 N–H and O–H groups in total. The molecule has 1 amide bonds. The molecule has 0 radical (unpaired) electrons. The maximum atomic E-state index is 12.6. The van der Waals surface area contributed by atoms with Crippen molar-refractivity contribution in [3.05, 3.63) is 89.2 Å². The minimum Gasteiger partial charge on any atom is -0.354 e. The molecule has 0 aliphatic carbocycles. The third-order valence-electron chi connectivity index (χ3n) is 4.50. The first-order valence-corrected chi connectivity index (χ1v) is 9.61. The lowest BCUT2D eigenvalue weighted by molar-refractivity contribution is 0.0934. The molecule has 2 aromatic carbocycles. The van der Waals surface area contributed by atoms with Gasteiger partial charge in [-0.15, -0.1) is 0 Å². The topological polar surface area (TPSA) is 66.9 Å². The van der Waals surface area contributed by atoms with Gasteiger partial charge in [0.05, 0.1) is 6.04 Å². The molecule has 0 saturated heterocycles. The lowest BCUT2D eigenvalue weighted by Crippen LogP contribution is -2.28. The van der Waals surface area contributed by atoms with Crippen molar-refractivity contribution in [1.29, 1.82) is 0 Å². The monoisotopic (exact) mass is 374 g/mol. The summed E-state index contributed by atoms with van der Waals surface area (Å²) < 4.78 is 0. The number of carbonyl (C=O) groups is 1. The Morgan fingerprint density at radius 1 is 1.00 bits per heavy atom. The standard InChI is InChI=1S/C23H26N4O/c1-17-16-21(22(28)26-18(2)20-13-7-4-8-14-20)27-23(25-17)24-15-9-12-19-10-5-3-6-11-19/h3-8,10-11,13-14,16,18H,9,12,15H2,1-2H3,(H,26,28)(H,24,25,27). The number of benzene rings is 2. The van der Waals surface area contributed by atoms with Gasteiger partial charge in [-0.3, -0.25) is 4.79 Å². The number of nitrogens with zero attached hydrogens (tertiary/aromatic N) is 2. The molecule has 1 heterocycles. The number of anilines is 1. The Labute approximate surface area is 166 Å². The molecule has 1 aromatic heterocycles. The Bertz CT molecular complexity index is 897. The quantitative estimate of drug-likeness (QED) is 0.576. The molecular weight excluding hydrogens is 348 g/mol. The Kier molecular flexibility index (Phi) is 6.73. The van der Waals surface area contributed by atoms with Gasteiger partial charge in [-0.05, 0) is 43.9 Å². The number of hydrogen-bond donors (Lipinski definition) is 2. The number of aromatic nitrogens is 2. The summed E-state index contributed by atoms with van der Waals surface area (Å²) in [6, 6.07) is 21.9. The molecule has 3 aromatic rings. The van der Waals surface area contributed by atoms with Gasteiger partial charge in [0.25, 0.3) is 5.91 Å². The van der Waals surface area contributed by atoms with Crippen molar-refractivity contribution in [3.63, 3.8) is 0 Å². The highest BCUT2D eigenvalue weighted by molar-refractivity contribution is 5.92. The van der Waals surface area contributed by atoms with E-state index in [0.29, 0.717) is 11.6 Å². The van der Waals surface area contributed by atoms with Gasteiger partial charge >= 0.3 is 0 Å². The molecule has 0 bridgehead atoms. The summed E-state index contributed by atoms with van der Waals surface area (Å²) in [4.78, 5) is 21.4. The SMILES string of the molecule is Cc1cc(C(=O)NC(C)c2ccccc2)nc(NCCCc2ccccc2)n1. The zero-order valence-corrected chi connectivity index (χ0v) is 16.4. The number of aryl methyl sites for hydroxylation is 2. The van der Waals surface area contributed by atoms with E-state index in [1.54, 1.807) is 6.07 Å². The highest BCUT2D eigenvalue weighted by atomic mass is 16.1. The smallest absolute Gasteiger partial charge is 0.270 e. The second kappa shape index (κ2) is 9.65. The van der Waals surface area contributed by atoms with E-state index in [1.165, 1.54) is 5.56 Å². The Morgan fingerprint density at radius 3 is 2.39 bits per heavy atom. The molecule has 144 valence electrons. The minimum absolute atomic E-state index is 0.0914. The second-order valence-corrected chi connectivity index (χ2v) is 6.84. The van der Waals surface area contributed by atoms with Crippen molar-refractivity contribution in [2.45, 2.75) is 32.7 Å². The molecule has 3 rings (SSSR count).